The number of carbonyl (C=O) groups is 1. The van der Waals surface area contributed by atoms with Gasteiger partial charge in [-0.05, 0) is 37.1 Å². The minimum atomic E-state index is -0.469. The van der Waals surface area contributed by atoms with Gasteiger partial charge in [-0.25, -0.2) is 14.8 Å². The molecule has 4 rings (SSSR count). The molecule has 2 heterocycles. The minimum absolute atomic E-state index is 0.266. The first-order chi connectivity index (χ1) is 14.0. The molecule has 0 spiro atoms. The number of ether oxygens (including phenoxy) is 1. The SMILES string of the molecule is CCC(C)COC(=O)c1c(N)n(-c2ccc(C)cc2)c2nc3ccccc3nc12. The van der Waals surface area contributed by atoms with E-state index in [1.807, 2.05) is 62.4 Å². The van der Waals surface area contributed by atoms with E-state index in [1.54, 1.807) is 4.57 Å². The molecule has 0 bridgehead atoms. The lowest BCUT2D eigenvalue weighted by molar-refractivity contribution is 0.0450. The Morgan fingerprint density at radius 2 is 1.76 bits per heavy atom. The molecule has 2 aromatic heterocycles. The Bertz CT molecular complexity index is 1200. The molecule has 0 aliphatic carbocycles. The zero-order valence-corrected chi connectivity index (χ0v) is 16.8. The first-order valence-corrected chi connectivity index (χ1v) is 9.80. The van der Waals surface area contributed by atoms with Crippen LogP contribution in [0.2, 0.25) is 0 Å². The number of hydrogen-bond acceptors (Lipinski definition) is 5. The summed E-state index contributed by atoms with van der Waals surface area (Å²) in [5.41, 5.74) is 11.1. The highest BCUT2D eigenvalue weighted by Gasteiger charge is 2.26. The molecular formula is C23H24N4O2. The molecule has 1 unspecified atom stereocenters. The van der Waals surface area contributed by atoms with E-state index in [2.05, 4.69) is 6.92 Å². The van der Waals surface area contributed by atoms with Gasteiger partial charge >= 0.3 is 5.97 Å². The molecule has 1 atom stereocenters. The summed E-state index contributed by atoms with van der Waals surface area (Å²) in [6.07, 6.45) is 0.929. The van der Waals surface area contributed by atoms with Gasteiger partial charge in [-0.2, -0.15) is 0 Å². The molecule has 4 aromatic rings. The van der Waals surface area contributed by atoms with Gasteiger partial charge in [0.2, 0.25) is 0 Å². The first-order valence-electron chi connectivity index (χ1n) is 9.80. The number of fused-ring (bicyclic) bond motifs is 2. The van der Waals surface area contributed by atoms with E-state index < -0.39 is 5.97 Å². The van der Waals surface area contributed by atoms with Gasteiger partial charge in [-0.1, -0.05) is 50.1 Å². The molecule has 29 heavy (non-hydrogen) atoms. The summed E-state index contributed by atoms with van der Waals surface area (Å²) in [4.78, 5) is 22.4. The fourth-order valence-electron chi connectivity index (χ4n) is 3.23. The number of nitrogens with zero attached hydrogens (tertiary/aromatic N) is 3. The molecular weight excluding hydrogens is 364 g/mol. The number of esters is 1. The summed E-state index contributed by atoms with van der Waals surface area (Å²) < 4.78 is 7.32. The quantitative estimate of drug-likeness (QED) is 0.503. The number of nitrogens with two attached hydrogens (primary N) is 1. The summed E-state index contributed by atoms with van der Waals surface area (Å²) in [6.45, 7) is 6.46. The summed E-state index contributed by atoms with van der Waals surface area (Å²) in [6, 6.07) is 15.5. The highest BCUT2D eigenvalue weighted by molar-refractivity contribution is 6.09. The molecule has 0 saturated heterocycles. The second-order valence-electron chi connectivity index (χ2n) is 7.43. The molecule has 6 nitrogen and oxygen atoms in total. The number of nitrogen functional groups attached to an aromatic ring is 1. The normalized spacial score (nSPS) is 12.4. The standard InChI is InChI=1S/C23H24N4O2/c1-4-14(2)13-29-23(28)19-20-22(26-18-8-6-5-7-17(18)25-20)27(21(19)24)16-11-9-15(3)10-12-16/h5-12,14H,4,13,24H2,1-3H3. The van der Waals surface area contributed by atoms with Gasteiger partial charge < -0.3 is 10.5 Å². The lowest BCUT2D eigenvalue weighted by Gasteiger charge is -2.10. The Labute approximate surface area is 169 Å². The van der Waals surface area contributed by atoms with Gasteiger partial charge in [0.15, 0.2) is 5.65 Å². The van der Waals surface area contributed by atoms with Crippen molar-refractivity contribution in [3.8, 4) is 5.69 Å². The molecule has 0 amide bonds. The third-order valence-electron chi connectivity index (χ3n) is 5.19. The Morgan fingerprint density at radius 3 is 2.41 bits per heavy atom. The van der Waals surface area contributed by atoms with Crippen LogP contribution in [0.1, 0.15) is 36.2 Å². The predicted molar refractivity (Wildman–Crippen MR) is 115 cm³/mol. The lowest BCUT2D eigenvalue weighted by atomic mass is 10.1. The summed E-state index contributed by atoms with van der Waals surface area (Å²) >= 11 is 0. The van der Waals surface area contributed by atoms with Crippen molar-refractivity contribution < 1.29 is 9.53 Å². The Morgan fingerprint density at radius 1 is 1.10 bits per heavy atom. The largest absolute Gasteiger partial charge is 0.462 e. The van der Waals surface area contributed by atoms with Crippen molar-refractivity contribution in [1.29, 1.82) is 0 Å². The number of aromatic nitrogens is 3. The van der Waals surface area contributed by atoms with Crippen LogP contribution in [0.4, 0.5) is 5.82 Å². The average molecular weight is 388 g/mol. The van der Waals surface area contributed by atoms with Crippen LogP contribution in [0.25, 0.3) is 27.9 Å². The van der Waals surface area contributed by atoms with Gasteiger partial charge in [-0.3, -0.25) is 4.57 Å². The molecule has 6 heteroatoms. The average Bonchev–Trinajstić information content (AvgIpc) is 3.01. The van der Waals surface area contributed by atoms with E-state index >= 15 is 0 Å². The van der Waals surface area contributed by atoms with Gasteiger partial charge in [-0.15, -0.1) is 0 Å². The molecule has 2 N–H and O–H groups in total. The fourth-order valence-corrected chi connectivity index (χ4v) is 3.23. The molecule has 0 saturated carbocycles. The van der Waals surface area contributed by atoms with Crippen LogP contribution in [0.5, 0.6) is 0 Å². The zero-order valence-electron chi connectivity index (χ0n) is 16.8. The predicted octanol–water partition coefficient (Wildman–Crippen LogP) is 4.67. The van der Waals surface area contributed by atoms with Crippen molar-refractivity contribution in [2.24, 2.45) is 5.92 Å². The molecule has 0 radical (unpaired) electrons. The lowest BCUT2D eigenvalue weighted by Crippen LogP contribution is -2.13. The Kier molecular flexibility index (Phi) is 4.92. The number of para-hydroxylation sites is 2. The van der Waals surface area contributed by atoms with Crippen LogP contribution in [-0.2, 0) is 4.74 Å². The van der Waals surface area contributed by atoms with Crippen LogP contribution < -0.4 is 5.73 Å². The first kappa shape index (κ1) is 18.9. The smallest absolute Gasteiger partial charge is 0.344 e. The second-order valence-corrected chi connectivity index (χ2v) is 7.43. The zero-order chi connectivity index (χ0) is 20.5. The summed E-state index contributed by atoms with van der Waals surface area (Å²) in [5, 5.41) is 0. The van der Waals surface area contributed by atoms with Crippen molar-refractivity contribution >= 4 is 34.0 Å². The third kappa shape index (κ3) is 3.42. The molecule has 0 aliphatic heterocycles. The maximum Gasteiger partial charge on any atom is 0.344 e. The number of benzene rings is 2. The molecule has 0 fully saturated rings. The van der Waals surface area contributed by atoms with Crippen LogP contribution >= 0.6 is 0 Å². The topological polar surface area (TPSA) is 83.0 Å². The van der Waals surface area contributed by atoms with Gasteiger partial charge in [0.05, 0.1) is 17.6 Å². The van der Waals surface area contributed by atoms with E-state index in [0.717, 1.165) is 23.2 Å². The van der Waals surface area contributed by atoms with E-state index in [4.69, 9.17) is 20.4 Å². The number of carbonyl (C=O) groups excluding carboxylic acids is 1. The van der Waals surface area contributed by atoms with Crippen molar-refractivity contribution in [2.45, 2.75) is 27.2 Å². The van der Waals surface area contributed by atoms with Gasteiger partial charge in [0.1, 0.15) is 16.9 Å². The molecule has 0 aliphatic rings. The van der Waals surface area contributed by atoms with Crippen LogP contribution in [-0.4, -0.2) is 27.1 Å². The second kappa shape index (κ2) is 7.54. The molecule has 148 valence electrons. The number of anilines is 1. The van der Waals surface area contributed by atoms with Gasteiger partial charge in [0.25, 0.3) is 0 Å². The maximum atomic E-state index is 13.0. The van der Waals surface area contributed by atoms with Crippen molar-refractivity contribution in [3.63, 3.8) is 0 Å². The fraction of sp³-hybridized carbons (Fsp3) is 0.261. The number of aryl methyl sites for hydroxylation is 1. The van der Waals surface area contributed by atoms with Crippen LogP contribution in [0, 0.1) is 12.8 Å². The van der Waals surface area contributed by atoms with Crippen molar-refractivity contribution in [2.75, 3.05) is 12.3 Å². The van der Waals surface area contributed by atoms with Crippen molar-refractivity contribution in [1.82, 2.24) is 14.5 Å². The monoisotopic (exact) mass is 388 g/mol. The van der Waals surface area contributed by atoms with E-state index in [1.165, 1.54) is 0 Å². The number of rotatable bonds is 5. The van der Waals surface area contributed by atoms with E-state index in [0.29, 0.717) is 23.3 Å². The summed E-state index contributed by atoms with van der Waals surface area (Å²) in [7, 11) is 0. The van der Waals surface area contributed by atoms with Gasteiger partial charge in [0, 0.05) is 5.69 Å². The maximum absolute atomic E-state index is 13.0. The van der Waals surface area contributed by atoms with E-state index in [-0.39, 0.29) is 17.3 Å². The highest BCUT2D eigenvalue weighted by atomic mass is 16.5. The van der Waals surface area contributed by atoms with Crippen molar-refractivity contribution in [3.05, 3.63) is 59.7 Å². The highest BCUT2D eigenvalue weighted by Crippen LogP contribution is 2.31. The minimum Gasteiger partial charge on any atom is -0.462 e. The molecule has 2 aromatic carbocycles. The Hall–Kier alpha value is -3.41. The Balaban J connectivity index is 1.94. The third-order valence-corrected chi connectivity index (χ3v) is 5.19. The summed E-state index contributed by atoms with van der Waals surface area (Å²) in [5.74, 6) is 0.0918. The number of hydrogen-bond donors (Lipinski definition) is 1. The van der Waals surface area contributed by atoms with Crippen LogP contribution in [0.3, 0.4) is 0 Å². The van der Waals surface area contributed by atoms with E-state index in [9.17, 15) is 4.79 Å². The van der Waals surface area contributed by atoms with Crippen LogP contribution in [0.15, 0.2) is 48.5 Å².